The van der Waals surface area contributed by atoms with Crippen molar-refractivity contribution in [2.75, 3.05) is 6.54 Å². The largest absolute Gasteiger partial charge is 0.480 e. The van der Waals surface area contributed by atoms with Gasteiger partial charge >= 0.3 is 5.97 Å². The minimum absolute atomic E-state index is 0.290. The summed E-state index contributed by atoms with van der Waals surface area (Å²) in [5.41, 5.74) is 2.01. The number of carboxylic acid groups (broad SMARTS) is 1. The Labute approximate surface area is 135 Å². The number of hydrogen-bond acceptors (Lipinski definition) is 4. The van der Waals surface area contributed by atoms with Gasteiger partial charge in [-0.15, -0.1) is 10.2 Å². The van der Waals surface area contributed by atoms with Crippen molar-refractivity contribution in [3.63, 3.8) is 0 Å². The van der Waals surface area contributed by atoms with Crippen LogP contribution in [0.4, 0.5) is 0 Å². The normalized spacial score (nSPS) is 18.2. The minimum Gasteiger partial charge on any atom is -0.480 e. The summed E-state index contributed by atoms with van der Waals surface area (Å²) in [4.78, 5) is 13.8. The van der Waals surface area contributed by atoms with E-state index in [1.54, 1.807) is 0 Å². The summed E-state index contributed by atoms with van der Waals surface area (Å²) in [6.45, 7) is 5.34. The average molecular weight is 314 g/mol. The van der Waals surface area contributed by atoms with Crippen LogP contribution in [-0.2, 0) is 24.8 Å². The fraction of sp³-hybridized carbons (Fsp3) is 0.471. The van der Waals surface area contributed by atoms with Gasteiger partial charge in [0.1, 0.15) is 17.7 Å². The molecule has 1 unspecified atom stereocenters. The number of hydrogen-bond donors (Lipinski definition) is 1. The van der Waals surface area contributed by atoms with Crippen LogP contribution in [0.25, 0.3) is 0 Å². The lowest BCUT2D eigenvalue weighted by Crippen LogP contribution is -2.39. The van der Waals surface area contributed by atoms with E-state index in [2.05, 4.69) is 24.0 Å². The van der Waals surface area contributed by atoms with E-state index in [0.717, 1.165) is 29.2 Å². The molecule has 1 N–H and O–H groups in total. The zero-order chi connectivity index (χ0) is 16.6. The van der Waals surface area contributed by atoms with Crippen LogP contribution in [0.5, 0.6) is 0 Å². The SMILES string of the molecule is CC(C)c1nnc(CN2CCc3ccccc3C2C(=O)O)n1C. The number of aromatic nitrogens is 3. The zero-order valence-electron chi connectivity index (χ0n) is 13.7. The predicted octanol–water partition coefficient (Wildman–Crippen LogP) is 2.12. The smallest absolute Gasteiger partial charge is 0.325 e. The maximum Gasteiger partial charge on any atom is 0.325 e. The van der Waals surface area contributed by atoms with E-state index in [9.17, 15) is 9.90 Å². The van der Waals surface area contributed by atoms with Gasteiger partial charge in [0.05, 0.1) is 6.54 Å². The second-order valence-corrected chi connectivity index (χ2v) is 6.35. The number of aliphatic carboxylic acids is 1. The van der Waals surface area contributed by atoms with Gasteiger partial charge in [-0.2, -0.15) is 0 Å². The van der Waals surface area contributed by atoms with E-state index in [1.807, 2.05) is 40.8 Å². The third-order valence-electron chi connectivity index (χ3n) is 4.48. The van der Waals surface area contributed by atoms with E-state index in [-0.39, 0.29) is 0 Å². The molecule has 0 fully saturated rings. The Bertz CT molecular complexity index is 723. The summed E-state index contributed by atoms with van der Waals surface area (Å²) in [6.07, 6.45) is 0.856. The van der Waals surface area contributed by atoms with Crippen LogP contribution < -0.4 is 0 Å². The minimum atomic E-state index is -0.816. The Morgan fingerprint density at radius 3 is 2.74 bits per heavy atom. The van der Waals surface area contributed by atoms with Crippen LogP contribution in [0, 0.1) is 0 Å². The summed E-state index contributed by atoms with van der Waals surface area (Å²) >= 11 is 0. The second kappa shape index (κ2) is 6.12. The highest BCUT2D eigenvalue weighted by atomic mass is 16.4. The van der Waals surface area contributed by atoms with Crippen LogP contribution >= 0.6 is 0 Å². The zero-order valence-corrected chi connectivity index (χ0v) is 13.7. The molecule has 122 valence electrons. The van der Waals surface area contributed by atoms with Crippen molar-refractivity contribution in [3.8, 4) is 0 Å². The summed E-state index contributed by atoms with van der Waals surface area (Å²) in [5, 5.41) is 18.2. The van der Waals surface area contributed by atoms with Gasteiger partial charge in [0, 0.05) is 19.5 Å². The van der Waals surface area contributed by atoms with E-state index in [1.165, 1.54) is 0 Å². The van der Waals surface area contributed by atoms with Gasteiger partial charge in [0.15, 0.2) is 0 Å². The second-order valence-electron chi connectivity index (χ2n) is 6.35. The molecule has 6 nitrogen and oxygen atoms in total. The molecule has 2 heterocycles. The van der Waals surface area contributed by atoms with Crippen LogP contribution in [-0.4, -0.2) is 37.3 Å². The number of fused-ring (bicyclic) bond motifs is 1. The molecule has 1 aromatic heterocycles. The molecule has 1 atom stereocenters. The number of benzene rings is 1. The van der Waals surface area contributed by atoms with Gasteiger partial charge in [-0.25, -0.2) is 0 Å². The van der Waals surface area contributed by atoms with Crippen molar-refractivity contribution in [1.82, 2.24) is 19.7 Å². The number of carbonyl (C=O) groups is 1. The van der Waals surface area contributed by atoms with E-state index >= 15 is 0 Å². The number of rotatable bonds is 4. The molecule has 6 heteroatoms. The fourth-order valence-electron chi connectivity index (χ4n) is 3.28. The van der Waals surface area contributed by atoms with Crippen LogP contribution in [0.1, 0.15) is 48.6 Å². The molecule has 0 bridgehead atoms. The van der Waals surface area contributed by atoms with Gasteiger partial charge in [-0.3, -0.25) is 9.69 Å². The van der Waals surface area contributed by atoms with Crippen molar-refractivity contribution in [2.45, 2.75) is 38.8 Å². The molecule has 23 heavy (non-hydrogen) atoms. The van der Waals surface area contributed by atoms with Crippen LogP contribution in [0.15, 0.2) is 24.3 Å². The van der Waals surface area contributed by atoms with Crippen LogP contribution in [0.2, 0.25) is 0 Å². The van der Waals surface area contributed by atoms with Crippen molar-refractivity contribution in [1.29, 1.82) is 0 Å². The highest BCUT2D eigenvalue weighted by molar-refractivity contribution is 5.76. The van der Waals surface area contributed by atoms with Crippen molar-refractivity contribution >= 4 is 5.97 Å². The number of carboxylic acids is 1. The lowest BCUT2D eigenvalue weighted by Gasteiger charge is -2.34. The van der Waals surface area contributed by atoms with Crippen molar-refractivity contribution in [3.05, 3.63) is 47.0 Å². The molecule has 1 aliphatic heterocycles. The monoisotopic (exact) mass is 314 g/mol. The first-order valence-electron chi connectivity index (χ1n) is 7.92. The molecule has 0 aliphatic carbocycles. The van der Waals surface area contributed by atoms with Gasteiger partial charge in [-0.05, 0) is 17.5 Å². The first-order chi connectivity index (χ1) is 11.0. The van der Waals surface area contributed by atoms with E-state index < -0.39 is 12.0 Å². The maximum absolute atomic E-state index is 11.8. The fourth-order valence-corrected chi connectivity index (χ4v) is 3.28. The molecule has 2 aromatic rings. The summed E-state index contributed by atoms with van der Waals surface area (Å²) in [6, 6.07) is 7.17. The first kappa shape index (κ1) is 15.7. The summed E-state index contributed by atoms with van der Waals surface area (Å²) in [7, 11) is 1.94. The Balaban J connectivity index is 1.90. The lowest BCUT2D eigenvalue weighted by molar-refractivity contribution is -0.144. The Hall–Kier alpha value is -2.21. The highest BCUT2D eigenvalue weighted by Gasteiger charge is 2.33. The molecule has 0 radical (unpaired) electrons. The van der Waals surface area contributed by atoms with Gasteiger partial charge < -0.3 is 9.67 Å². The Morgan fingerprint density at radius 1 is 1.35 bits per heavy atom. The first-order valence-corrected chi connectivity index (χ1v) is 7.92. The van der Waals surface area contributed by atoms with Crippen molar-refractivity contribution in [2.24, 2.45) is 7.05 Å². The molecule has 3 rings (SSSR count). The van der Waals surface area contributed by atoms with Gasteiger partial charge in [0.25, 0.3) is 0 Å². The van der Waals surface area contributed by atoms with Crippen LogP contribution in [0.3, 0.4) is 0 Å². The maximum atomic E-state index is 11.8. The molecule has 0 saturated carbocycles. The Morgan fingerprint density at radius 2 is 2.09 bits per heavy atom. The van der Waals surface area contributed by atoms with Crippen molar-refractivity contribution < 1.29 is 9.90 Å². The quantitative estimate of drug-likeness (QED) is 0.936. The highest BCUT2D eigenvalue weighted by Crippen LogP contribution is 2.31. The molecular formula is C17H22N4O2. The lowest BCUT2D eigenvalue weighted by atomic mass is 9.92. The summed E-state index contributed by atoms with van der Waals surface area (Å²) in [5.74, 6) is 1.20. The summed E-state index contributed by atoms with van der Waals surface area (Å²) < 4.78 is 1.98. The van der Waals surface area contributed by atoms with E-state index in [4.69, 9.17) is 0 Å². The topological polar surface area (TPSA) is 71.2 Å². The Kier molecular flexibility index (Phi) is 4.17. The predicted molar refractivity (Wildman–Crippen MR) is 86.0 cm³/mol. The van der Waals surface area contributed by atoms with Gasteiger partial charge in [-0.1, -0.05) is 38.1 Å². The average Bonchev–Trinajstić information content (AvgIpc) is 2.88. The molecular weight excluding hydrogens is 292 g/mol. The molecule has 0 saturated heterocycles. The van der Waals surface area contributed by atoms with E-state index in [0.29, 0.717) is 19.0 Å². The standard InChI is InChI=1S/C17H22N4O2/c1-11(2)16-19-18-14(20(16)3)10-21-9-8-12-6-4-5-7-13(12)15(21)17(22)23/h4-7,11,15H,8-10H2,1-3H3,(H,22,23). The molecule has 0 spiro atoms. The third kappa shape index (κ3) is 2.86. The molecule has 1 aliphatic rings. The number of nitrogens with zero attached hydrogens (tertiary/aromatic N) is 4. The molecule has 1 aromatic carbocycles. The van der Waals surface area contributed by atoms with Gasteiger partial charge in [0.2, 0.25) is 0 Å². The third-order valence-corrected chi connectivity index (χ3v) is 4.48. The molecule has 0 amide bonds.